The van der Waals surface area contributed by atoms with Gasteiger partial charge in [0.1, 0.15) is 5.69 Å². The molecule has 172 valence electrons. The largest absolute Gasteiger partial charge is 0.353 e. The van der Waals surface area contributed by atoms with Crippen molar-refractivity contribution in [3.8, 4) is 5.69 Å². The number of benzene rings is 2. The molecule has 5 rings (SSSR count). The van der Waals surface area contributed by atoms with Gasteiger partial charge in [0.2, 0.25) is 0 Å². The third kappa shape index (κ3) is 3.96. The Bertz CT molecular complexity index is 1440. The number of rotatable bonds is 7. The molecule has 34 heavy (non-hydrogen) atoms. The molecule has 9 heteroatoms. The molecule has 1 unspecified atom stereocenters. The van der Waals surface area contributed by atoms with E-state index in [4.69, 9.17) is 0 Å². The van der Waals surface area contributed by atoms with E-state index in [1.165, 1.54) is 0 Å². The van der Waals surface area contributed by atoms with Gasteiger partial charge in [-0.05, 0) is 48.9 Å². The van der Waals surface area contributed by atoms with Gasteiger partial charge in [0, 0.05) is 18.2 Å². The first kappa shape index (κ1) is 21.6. The molecule has 4 aromatic rings. The van der Waals surface area contributed by atoms with Crippen molar-refractivity contribution in [1.29, 1.82) is 0 Å². The summed E-state index contributed by atoms with van der Waals surface area (Å²) in [5.74, 6) is -0.605. The van der Waals surface area contributed by atoms with Crippen molar-refractivity contribution in [1.82, 2.24) is 19.3 Å². The lowest BCUT2D eigenvalue weighted by Crippen LogP contribution is -2.42. The Morgan fingerprint density at radius 1 is 1.06 bits per heavy atom. The second-order valence-electron chi connectivity index (χ2n) is 8.51. The van der Waals surface area contributed by atoms with Crippen LogP contribution >= 0.6 is 0 Å². The van der Waals surface area contributed by atoms with E-state index in [1.807, 2.05) is 66.9 Å². The van der Waals surface area contributed by atoms with E-state index in [2.05, 4.69) is 10.1 Å². The summed E-state index contributed by atoms with van der Waals surface area (Å²) < 4.78 is 2.74. The van der Waals surface area contributed by atoms with E-state index in [-0.39, 0.29) is 11.7 Å². The lowest BCUT2D eigenvalue weighted by atomic mass is 9.89. The van der Waals surface area contributed by atoms with Gasteiger partial charge in [-0.3, -0.25) is 19.5 Å². The zero-order valence-electron chi connectivity index (χ0n) is 18.3. The van der Waals surface area contributed by atoms with Crippen molar-refractivity contribution < 1.29 is 4.92 Å². The average Bonchev–Trinajstić information content (AvgIpc) is 3.28. The molecule has 0 aliphatic heterocycles. The molecule has 1 aliphatic rings. The van der Waals surface area contributed by atoms with E-state index < -0.39 is 27.8 Å². The van der Waals surface area contributed by atoms with Crippen LogP contribution in [0.15, 0.2) is 82.6 Å². The third-order valence-corrected chi connectivity index (χ3v) is 6.41. The average molecular weight is 457 g/mol. The Hall–Kier alpha value is -4.27. The monoisotopic (exact) mass is 457 g/mol. The molecular weight excluding hydrogens is 434 g/mol. The predicted molar refractivity (Wildman–Crippen MR) is 126 cm³/mol. The number of nitrogens with one attached hydrogen (secondary N) is 1. The van der Waals surface area contributed by atoms with Gasteiger partial charge in [-0.25, -0.2) is 9.48 Å². The van der Waals surface area contributed by atoms with Crippen LogP contribution in [0.25, 0.3) is 5.69 Å². The highest BCUT2D eigenvalue weighted by Crippen LogP contribution is 2.33. The molecule has 2 heterocycles. The molecule has 1 aliphatic carbocycles. The van der Waals surface area contributed by atoms with Crippen molar-refractivity contribution >= 4 is 5.69 Å². The lowest BCUT2D eigenvalue weighted by molar-refractivity contribution is -0.387. The zero-order chi connectivity index (χ0) is 23.7. The molecule has 0 bridgehead atoms. The minimum Gasteiger partial charge on any atom is -0.304 e. The summed E-state index contributed by atoms with van der Waals surface area (Å²) >= 11 is 0. The fourth-order valence-corrected chi connectivity index (χ4v) is 4.46. The van der Waals surface area contributed by atoms with Crippen molar-refractivity contribution in [3.63, 3.8) is 0 Å². The van der Waals surface area contributed by atoms with Gasteiger partial charge in [-0.2, -0.15) is 5.10 Å². The first-order chi connectivity index (χ1) is 16.5. The van der Waals surface area contributed by atoms with E-state index in [0.29, 0.717) is 19.3 Å². The summed E-state index contributed by atoms with van der Waals surface area (Å²) in [5.41, 5.74) is 0.466. The highest BCUT2D eigenvalue weighted by molar-refractivity contribution is 5.42. The Morgan fingerprint density at radius 3 is 2.35 bits per heavy atom. The van der Waals surface area contributed by atoms with E-state index in [1.54, 1.807) is 10.9 Å². The Morgan fingerprint density at radius 2 is 1.74 bits per heavy atom. The second-order valence-corrected chi connectivity index (χ2v) is 8.51. The molecule has 1 atom stereocenters. The van der Waals surface area contributed by atoms with E-state index in [9.17, 15) is 19.7 Å². The maximum atomic E-state index is 13.1. The maximum absolute atomic E-state index is 13.1. The molecule has 1 N–H and O–H groups in total. The number of para-hydroxylation sites is 1. The van der Waals surface area contributed by atoms with Crippen LogP contribution in [0, 0.1) is 10.1 Å². The van der Waals surface area contributed by atoms with Crippen molar-refractivity contribution in [3.05, 3.63) is 121 Å². The third-order valence-electron chi connectivity index (χ3n) is 6.41. The minimum absolute atomic E-state index is 0.0224. The molecule has 0 amide bonds. The van der Waals surface area contributed by atoms with Crippen LogP contribution in [0.3, 0.4) is 0 Å². The molecule has 2 aromatic heterocycles. The second kappa shape index (κ2) is 8.93. The maximum Gasteiger partial charge on any atom is 0.353 e. The molecule has 1 saturated carbocycles. The van der Waals surface area contributed by atoms with Crippen molar-refractivity contribution in [2.24, 2.45) is 0 Å². The molecule has 0 radical (unpaired) electrons. The van der Waals surface area contributed by atoms with Crippen molar-refractivity contribution in [2.75, 3.05) is 0 Å². The number of H-pyrrole nitrogens is 1. The first-order valence-electron chi connectivity index (χ1n) is 11.2. The number of aromatic amines is 1. The summed E-state index contributed by atoms with van der Waals surface area (Å²) in [6.07, 6.45) is 6.10. The van der Waals surface area contributed by atoms with Gasteiger partial charge in [0.05, 0.1) is 16.8 Å². The number of nitro groups is 1. The minimum atomic E-state index is -0.839. The smallest absolute Gasteiger partial charge is 0.304 e. The van der Waals surface area contributed by atoms with Crippen LogP contribution in [-0.2, 0) is 6.42 Å². The molecule has 0 spiro atoms. The fraction of sp³-hybridized carbons (Fsp3) is 0.240. The number of hydrogen-bond donors (Lipinski definition) is 1. The highest BCUT2D eigenvalue weighted by Gasteiger charge is 2.34. The summed E-state index contributed by atoms with van der Waals surface area (Å²) in [7, 11) is 0. The number of hydrogen-bond acceptors (Lipinski definition) is 5. The molecular formula is C25H23N5O4. The topological polar surface area (TPSA) is 116 Å². The van der Waals surface area contributed by atoms with Gasteiger partial charge in [0.15, 0.2) is 0 Å². The molecule has 0 saturated heterocycles. The zero-order valence-corrected chi connectivity index (χ0v) is 18.3. The van der Waals surface area contributed by atoms with Crippen molar-refractivity contribution in [2.45, 2.75) is 37.6 Å². The predicted octanol–water partition coefficient (Wildman–Crippen LogP) is 3.73. The van der Waals surface area contributed by atoms with Crippen LogP contribution in [-0.4, -0.2) is 24.3 Å². The summed E-state index contributed by atoms with van der Waals surface area (Å²) in [6, 6.07) is 18.5. The van der Waals surface area contributed by atoms with Gasteiger partial charge < -0.3 is 4.98 Å². The quantitative estimate of drug-likeness (QED) is 0.335. The highest BCUT2D eigenvalue weighted by atomic mass is 16.6. The molecule has 9 nitrogen and oxygen atoms in total. The van der Waals surface area contributed by atoms with Crippen LogP contribution in [0.4, 0.5) is 5.69 Å². The van der Waals surface area contributed by atoms with Crippen LogP contribution in [0.1, 0.15) is 48.0 Å². The van der Waals surface area contributed by atoms with Gasteiger partial charge in [-0.15, -0.1) is 0 Å². The van der Waals surface area contributed by atoms with Crippen LogP contribution < -0.4 is 11.2 Å². The first-order valence-corrected chi connectivity index (χ1v) is 11.2. The van der Waals surface area contributed by atoms with Crippen LogP contribution in [0.2, 0.25) is 0 Å². The fourth-order valence-electron chi connectivity index (χ4n) is 4.46. The van der Waals surface area contributed by atoms with Gasteiger partial charge in [-0.1, -0.05) is 48.5 Å². The summed E-state index contributed by atoms with van der Waals surface area (Å²) in [6.45, 7) is 0. The standard InChI is InChI=1S/C25H23N5O4/c31-24-23(30(33)34)22(27-25(32)29(24)20-12-7-13-20)21(18-8-3-1-4-9-18)14-17-15-26-28(16-17)19-10-5-2-6-11-19/h1-6,8-11,15-16,20-21H,7,12-14H2,(H,27,32). The molecule has 2 aromatic carbocycles. The van der Waals surface area contributed by atoms with Crippen LogP contribution in [0.5, 0.6) is 0 Å². The normalized spacial score (nSPS) is 14.5. The van der Waals surface area contributed by atoms with E-state index >= 15 is 0 Å². The molecule has 1 fully saturated rings. The van der Waals surface area contributed by atoms with Gasteiger partial charge in [0.25, 0.3) is 0 Å². The Labute approximate surface area is 194 Å². The summed E-state index contributed by atoms with van der Waals surface area (Å²) in [4.78, 5) is 40.2. The van der Waals surface area contributed by atoms with E-state index in [0.717, 1.165) is 27.8 Å². The lowest BCUT2D eigenvalue weighted by Gasteiger charge is -2.27. The van der Waals surface area contributed by atoms with Gasteiger partial charge >= 0.3 is 16.9 Å². The SMILES string of the molecule is O=c1[nH]c(C(Cc2cnn(-c3ccccc3)c2)c2ccccc2)c([N+](=O)[O-])c(=O)n1C1CCC1. The number of nitrogens with zero attached hydrogens (tertiary/aromatic N) is 4. The Balaban J connectivity index is 1.61. The Kier molecular flexibility index (Phi) is 5.67. The number of aromatic nitrogens is 4. The summed E-state index contributed by atoms with van der Waals surface area (Å²) in [5, 5.41) is 16.5.